The first kappa shape index (κ1) is 15.8. The SMILES string of the molecule is CNC(Cc1ccncc1Cl)C1CCC(C(C)C)CC1. The number of nitrogens with zero attached hydrogens (tertiary/aromatic N) is 1. The number of pyridine rings is 1. The van der Waals surface area contributed by atoms with Crippen molar-refractivity contribution >= 4 is 11.6 Å². The van der Waals surface area contributed by atoms with Gasteiger partial charge in [-0.05, 0) is 68.5 Å². The van der Waals surface area contributed by atoms with Crippen LogP contribution in [-0.2, 0) is 6.42 Å². The van der Waals surface area contributed by atoms with E-state index in [4.69, 9.17) is 11.6 Å². The van der Waals surface area contributed by atoms with Gasteiger partial charge in [-0.15, -0.1) is 0 Å². The zero-order valence-electron chi connectivity index (χ0n) is 12.9. The molecule has 0 radical (unpaired) electrons. The summed E-state index contributed by atoms with van der Waals surface area (Å²) in [5.41, 5.74) is 1.21. The lowest BCUT2D eigenvalue weighted by Gasteiger charge is -2.35. The molecule has 0 bridgehead atoms. The van der Waals surface area contributed by atoms with Crippen LogP contribution < -0.4 is 5.32 Å². The first-order valence-electron chi connectivity index (χ1n) is 7.87. The summed E-state index contributed by atoms with van der Waals surface area (Å²) in [4.78, 5) is 4.07. The van der Waals surface area contributed by atoms with Crippen molar-refractivity contribution in [1.82, 2.24) is 10.3 Å². The van der Waals surface area contributed by atoms with Gasteiger partial charge in [0.15, 0.2) is 0 Å². The van der Waals surface area contributed by atoms with Crippen LogP contribution in [0.25, 0.3) is 0 Å². The second-order valence-corrected chi connectivity index (χ2v) is 6.89. The third kappa shape index (κ3) is 3.95. The Bertz CT molecular complexity index is 411. The summed E-state index contributed by atoms with van der Waals surface area (Å²) < 4.78 is 0. The number of hydrogen-bond donors (Lipinski definition) is 1. The fourth-order valence-electron chi connectivity index (χ4n) is 3.52. The summed E-state index contributed by atoms with van der Waals surface area (Å²) >= 11 is 6.24. The van der Waals surface area contributed by atoms with Gasteiger partial charge in [0.1, 0.15) is 0 Å². The largest absolute Gasteiger partial charge is 0.316 e. The molecule has 0 aromatic carbocycles. The van der Waals surface area contributed by atoms with E-state index < -0.39 is 0 Å². The molecule has 0 saturated heterocycles. The lowest BCUT2D eigenvalue weighted by Crippen LogP contribution is -2.38. The Kier molecular flexibility index (Phi) is 5.86. The Balaban J connectivity index is 1.95. The summed E-state index contributed by atoms with van der Waals surface area (Å²) in [5.74, 6) is 2.53. The highest BCUT2D eigenvalue weighted by Gasteiger charge is 2.28. The number of likely N-dealkylation sites (N-methyl/N-ethyl adjacent to an activating group) is 1. The molecule has 1 aliphatic rings. The normalized spacial score (nSPS) is 24.9. The van der Waals surface area contributed by atoms with Gasteiger partial charge in [-0.2, -0.15) is 0 Å². The quantitative estimate of drug-likeness (QED) is 0.874. The third-order valence-electron chi connectivity index (χ3n) is 5.00. The van der Waals surface area contributed by atoms with E-state index in [1.807, 2.05) is 12.3 Å². The van der Waals surface area contributed by atoms with E-state index in [9.17, 15) is 0 Å². The standard InChI is InChI=1S/C17H27ClN2/c1-12(2)13-4-6-14(7-5-13)17(19-3)10-15-8-9-20-11-16(15)18/h8-9,11-14,17,19H,4-7,10H2,1-3H3. The number of rotatable bonds is 5. The molecule has 112 valence electrons. The van der Waals surface area contributed by atoms with Crippen molar-refractivity contribution < 1.29 is 0 Å². The summed E-state index contributed by atoms with van der Waals surface area (Å²) in [6.07, 6.45) is 10.0. The van der Waals surface area contributed by atoms with Crippen molar-refractivity contribution in [2.24, 2.45) is 17.8 Å². The Morgan fingerprint density at radius 3 is 2.45 bits per heavy atom. The van der Waals surface area contributed by atoms with Crippen LogP contribution in [0.1, 0.15) is 45.1 Å². The summed E-state index contributed by atoms with van der Waals surface area (Å²) in [5, 5.41) is 4.31. The predicted molar refractivity (Wildman–Crippen MR) is 86.1 cm³/mol. The van der Waals surface area contributed by atoms with E-state index in [0.717, 1.165) is 29.2 Å². The molecule has 1 saturated carbocycles. The van der Waals surface area contributed by atoms with Gasteiger partial charge in [-0.3, -0.25) is 4.98 Å². The average molecular weight is 295 g/mol. The van der Waals surface area contributed by atoms with Crippen LogP contribution in [0.5, 0.6) is 0 Å². The summed E-state index contributed by atoms with van der Waals surface area (Å²) in [6, 6.07) is 2.58. The van der Waals surface area contributed by atoms with E-state index >= 15 is 0 Å². The number of hydrogen-bond acceptors (Lipinski definition) is 2. The maximum atomic E-state index is 6.24. The van der Waals surface area contributed by atoms with Crippen molar-refractivity contribution in [3.63, 3.8) is 0 Å². The van der Waals surface area contributed by atoms with Gasteiger partial charge in [0.2, 0.25) is 0 Å². The maximum absolute atomic E-state index is 6.24. The van der Waals surface area contributed by atoms with Crippen LogP contribution in [0, 0.1) is 17.8 Å². The second kappa shape index (κ2) is 7.42. The van der Waals surface area contributed by atoms with Crippen LogP contribution in [0.2, 0.25) is 5.02 Å². The monoisotopic (exact) mass is 294 g/mol. The van der Waals surface area contributed by atoms with Crippen molar-refractivity contribution in [3.05, 3.63) is 29.0 Å². The topological polar surface area (TPSA) is 24.9 Å². The van der Waals surface area contributed by atoms with Gasteiger partial charge in [-0.1, -0.05) is 25.4 Å². The number of halogens is 1. The molecule has 2 nitrogen and oxygen atoms in total. The van der Waals surface area contributed by atoms with Crippen LogP contribution in [0.4, 0.5) is 0 Å². The van der Waals surface area contributed by atoms with Gasteiger partial charge in [-0.25, -0.2) is 0 Å². The van der Waals surface area contributed by atoms with E-state index in [-0.39, 0.29) is 0 Å². The number of nitrogens with one attached hydrogen (secondary N) is 1. The summed E-state index contributed by atoms with van der Waals surface area (Å²) in [7, 11) is 2.08. The minimum absolute atomic E-state index is 0.531. The molecule has 1 unspecified atom stereocenters. The highest BCUT2D eigenvalue weighted by Crippen LogP contribution is 2.35. The van der Waals surface area contributed by atoms with Crippen molar-refractivity contribution in [1.29, 1.82) is 0 Å². The van der Waals surface area contributed by atoms with Crippen LogP contribution in [-0.4, -0.2) is 18.1 Å². The molecule has 1 aromatic heterocycles. The van der Waals surface area contributed by atoms with E-state index in [1.54, 1.807) is 6.20 Å². The fraction of sp³-hybridized carbons (Fsp3) is 0.706. The van der Waals surface area contributed by atoms with Gasteiger partial charge < -0.3 is 5.32 Å². The molecule has 1 aromatic rings. The second-order valence-electron chi connectivity index (χ2n) is 6.49. The lowest BCUT2D eigenvalue weighted by molar-refractivity contribution is 0.191. The Morgan fingerprint density at radius 2 is 1.90 bits per heavy atom. The smallest absolute Gasteiger partial charge is 0.0621 e. The van der Waals surface area contributed by atoms with Gasteiger partial charge in [0.25, 0.3) is 0 Å². The highest BCUT2D eigenvalue weighted by molar-refractivity contribution is 6.31. The molecule has 1 atom stereocenters. The highest BCUT2D eigenvalue weighted by atomic mass is 35.5. The first-order chi connectivity index (χ1) is 9.61. The molecule has 1 N–H and O–H groups in total. The van der Waals surface area contributed by atoms with E-state index in [1.165, 1.54) is 31.2 Å². The van der Waals surface area contributed by atoms with Gasteiger partial charge in [0, 0.05) is 18.4 Å². The molecule has 0 amide bonds. The molecular weight excluding hydrogens is 268 g/mol. The van der Waals surface area contributed by atoms with E-state index in [2.05, 4.69) is 31.2 Å². The Labute approximate surface area is 128 Å². The van der Waals surface area contributed by atoms with E-state index in [0.29, 0.717) is 6.04 Å². The van der Waals surface area contributed by atoms with Gasteiger partial charge in [0.05, 0.1) is 5.02 Å². The zero-order valence-corrected chi connectivity index (χ0v) is 13.7. The Morgan fingerprint density at radius 1 is 1.25 bits per heavy atom. The third-order valence-corrected chi connectivity index (χ3v) is 5.34. The van der Waals surface area contributed by atoms with Crippen molar-refractivity contribution in [2.45, 2.75) is 52.0 Å². The minimum Gasteiger partial charge on any atom is -0.316 e. The van der Waals surface area contributed by atoms with Crippen LogP contribution in [0.3, 0.4) is 0 Å². The molecule has 1 fully saturated rings. The molecule has 3 heteroatoms. The predicted octanol–water partition coefficient (Wildman–Crippen LogP) is 4.33. The molecule has 2 rings (SSSR count). The molecule has 0 spiro atoms. The minimum atomic E-state index is 0.531. The van der Waals surface area contributed by atoms with Crippen LogP contribution in [0.15, 0.2) is 18.5 Å². The van der Waals surface area contributed by atoms with Gasteiger partial charge >= 0.3 is 0 Å². The first-order valence-corrected chi connectivity index (χ1v) is 8.25. The van der Waals surface area contributed by atoms with Crippen molar-refractivity contribution in [2.75, 3.05) is 7.05 Å². The van der Waals surface area contributed by atoms with Crippen LogP contribution >= 0.6 is 11.6 Å². The molecule has 20 heavy (non-hydrogen) atoms. The molecule has 1 heterocycles. The lowest BCUT2D eigenvalue weighted by atomic mass is 9.73. The van der Waals surface area contributed by atoms with Crippen molar-refractivity contribution in [3.8, 4) is 0 Å². The molecule has 1 aliphatic carbocycles. The summed E-state index contributed by atoms with van der Waals surface area (Å²) in [6.45, 7) is 4.72. The molecule has 0 aliphatic heterocycles. The Hall–Kier alpha value is -0.600. The number of aromatic nitrogens is 1. The zero-order chi connectivity index (χ0) is 14.5. The average Bonchev–Trinajstić information content (AvgIpc) is 2.46. The maximum Gasteiger partial charge on any atom is 0.0621 e. The fourth-order valence-corrected chi connectivity index (χ4v) is 3.72. The molecular formula is C17H27ClN2.